The van der Waals surface area contributed by atoms with Gasteiger partial charge < -0.3 is 14.5 Å². The van der Waals surface area contributed by atoms with Gasteiger partial charge in [0.25, 0.3) is 5.91 Å². The minimum atomic E-state index is 0.0577. The van der Waals surface area contributed by atoms with Gasteiger partial charge in [-0.15, -0.1) is 0 Å². The number of hydrogen-bond donors (Lipinski definition) is 0. The summed E-state index contributed by atoms with van der Waals surface area (Å²) in [6, 6.07) is 18.3. The maximum atomic E-state index is 12.3. The monoisotopic (exact) mass is 324 g/mol. The fourth-order valence-electron chi connectivity index (χ4n) is 2.91. The number of piperazine rings is 1. The van der Waals surface area contributed by atoms with E-state index in [1.807, 2.05) is 47.4 Å². The molecule has 0 N–H and O–H groups in total. The minimum absolute atomic E-state index is 0.0577. The van der Waals surface area contributed by atoms with E-state index in [4.69, 9.17) is 4.74 Å². The Labute approximate surface area is 143 Å². The second kappa shape index (κ2) is 7.86. The van der Waals surface area contributed by atoms with Crippen LogP contribution >= 0.6 is 0 Å². The second-order valence-electron chi connectivity index (χ2n) is 5.99. The summed E-state index contributed by atoms with van der Waals surface area (Å²) >= 11 is 0. The third-order valence-electron chi connectivity index (χ3n) is 4.45. The summed E-state index contributed by atoms with van der Waals surface area (Å²) in [7, 11) is 0. The Kier molecular flexibility index (Phi) is 5.36. The predicted octanol–water partition coefficient (Wildman–Crippen LogP) is 2.98. The quantitative estimate of drug-likeness (QED) is 0.848. The molecule has 4 heteroatoms. The van der Waals surface area contributed by atoms with Crippen LogP contribution in [0.1, 0.15) is 12.5 Å². The van der Waals surface area contributed by atoms with Gasteiger partial charge in [0.15, 0.2) is 6.61 Å². The molecular formula is C20H24N2O2. The van der Waals surface area contributed by atoms with Crippen LogP contribution in [-0.2, 0) is 11.2 Å². The Balaban J connectivity index is 1.46. The average Bonchev–Trinajstić information content (AvgIpc) is 2.67. The summed E-state index contributed by atoms with van der Waals surface area (Å²) in [6.45, 7) is 5.44. The van der Waals surface area contributed by atoms with Gasteiger partial charge in [-0.05, 0) is 36.2 Å². The van der Waals surface area contributed by atoms with E-state index in [1.165, 1.54) is 11.3 Å². The highest BCUT2D eigenvalue weighted by molar-refractivity contribution is 5.78. The Bertz CT molecular complexity index is 647. The Morgan fingerprint density at radius 1 is 0.958 bits per heavy atom. The Morgan fingerprint density at radius 3 is 2.25 bits per heavy atom. The normalized spacial score (nSPS) is 14.5. The van der Waals surface area contributed by atoms with Gasteiger partial charge in [-0.25, -0.2) is 0 Å². The van der Waals surface area contributed by atoms with Crippen LogP contribution in [0.15, 0.2) is 54.6 Å². The van der Waals surface area contributed by atoms with Crippen molar-refractivity contribution in [1.82, 2.24) is 4.90 Å². The first kappa shape index (κ1) is 16.4. The first-order valence-corrected chi connectivity index (χ1v) is 8.56. The van der Waals surface area contributed by atoms with Crippen LogP contribution in [0.25, 0.3) is 0 Å². The predicted molar refractivity (Wildman–Crippen MR) is 96.6 cm³/mol. The third-order valence-corrected chi connectivity index (χ3v) is 4.45. The smallest absolute Gasteiger partial charge is 0.260 e. The van der Waals surface area contributed by atoms with Crippen LogP contribution in [0.2, 0.25) is 0 Å². The van der Waals surface area contributed by atoms with Crippen molar-refractivity contribution in [1.29, 1.82) is 0 Å². The SMILES string of the molecule is CCc1ccc(OCC(=O)N2CCN(c3ccccc3)CC2)cc1. The molecule has 0 radical (unpaired) electrons. The zero-order chi connectivity index (χ0) is 16.8. The summed E-state index contributed by atoms with van der Waals surface area (Å²) in [4.78, 5) is 16.5. The first-order chi connectivity index (χ1) is 11.8. The van der Waals surface area contributed by atoms with Crippen molar-refractivity contribution >= 4 is 11.6 Å². The van der Waals surface area contributed by atoms with Gasteiger partial charge in [0, 0.05) is 31.9 Å². The number of ether oxygens (including phenoxy) is 1. The number of nitrogens with zero attached hydrogens (tertiary/aromatic N) is 2. The lowest BCUT2D eigenvalue weighted by atomic mass is 10.2. The van der Waals surface area contributed by atoms with Crippen LogP contribution in [0.4, 0.5) is 5.69 Å². The number of aryl methyl sites for hydroxylation is 1. The molecule has 2 aromatic rings. The molecule has 1 amide bonds. The van der Waals surface area contributed by atoms with Crippen LogP contribution in [0.5, 0.6) is 5.75 Å². The van der Waals surface area contributed by atoms with Crippen LogP contribution in [0, 0.1) is 0 Å². The summed E-state index contributed by atoms with van der Waals surface area (Å²) < 4.78 is 5.63. The van der Waals surface area contributed by atoms with Crippen molar-refractivity contribution in [2.24, 2.45) is 0 Å². The molecular weight excluding hydrogens is 300 g/mol. The van der Waals surface area contributed by atoms with Crippen molar-refractivity contribution in [3.8, 4) is 5.75 Å². The lowest BCUT2D eigenvalue weighted by Gasteiger charge is -2.36. The van der Waals surface area contributed by atoms with Gasteiger partial charge in [-0.3, -0.25) is 4.79 Å². The zero-order valence-corrected chi connectivity index (χ0v) is 14.1. The van der Waals surface area contributed by atoms with Crippen molar-refractivity contribution in [2.75, 3.05) is 37.7 Å². The van der Waals surface area contributed by atoms with Crippen LogP contribution in [-0.4, -0.2) is 43.6 Å². The number of anilines is 1. The summed E-state index contributed by atoms with van der Waals surface area (Å²) in [5.41, 5.74) is 2.49. The molecule has 0 aliphatic carbocycles. The molecule has 0 spiro atoms. The fourth-order valence-corrected chi connectivity index (χ4v) is 2.91. The highest BCUT2D eigenvalue weighted by atomic mass is 16.5. The molecule has 2 aromatic carbocycles. The van der Waals surface area contributed by atoms with Gasteiger partial charge >= 0.3 is 0 Å². The van der Waals surface area contributed by atoms with E-state index in [0.717, 1.165) is 38.3 Å². The summed E-state index contributed by atoms with van der Waals surface area (Å²) in [5.74, 6) is 0.811. The number of hydrogen-bond acceptors (Lipinski definition) is 3. The second-order valence-corrected chi connectivity index (χ2v) is 5.99. The molecule has 0 bridgehead atoms. The lowest BCUT2D eigenvalue weighted by Crippen LogP contribution is -2.50. The van der Waals surface area contributed by atoms with E-state index < -0.39 is 0 Å². The van der Waals surface area contributed by atoms with E-state index in [0.29, 0.717) is 0 Å². The fraction of sp³-hybridized carbons (Fsp3) is 0.350. The van der Waals surface area contributed by atoms with Crippen molar-refractivity contribution in [3.05, 3.63) is 60.2 Å². The first-order valence-electron chi connectivity index (χ1n) is 8.56. The highest BCUT2D eigenvalue weighted by Crippen LogP contribution is 2.16. The topological polar surface area (TPSA) is 32.8 Å². The van der Waals surface area contributed by atoms with E-state index in [2.05, 4.69) is 24.0 Å². The minimum Gasteiger partial charge on any atom is -0.484 e. The maximum Gasteiger partial charge on any atom is 0.260 e. The Hall–Kier alpha value is -2.49. The number of para-hydroxylation sites is 1. The lowest BCUT2D eigenvalue weighted by molar-refractivity contribution is -0.133. The zero-order valence-electron chi connectivity index (χ0n) is 14.1. The van der Waals surface area contributed by atoms with Crippen molar-refractivity contribution < 1.29 is 9.53 Å². The largest absolute Gasteiger partial charge is 0.484 e. The number of amides is 1. The van der Waals surface area contributed by atoms with Crippen molar-refractivity contribution in [2.45, 2.75) is 13.3 Å². The van der Waals surface area contributed by atoms with Gasteiger partial charge in [0.2, 0.25) is 0 Å². The van der Waals surface area contributed by atoms with Gasteiger partial charge in [-0.2, -0.15) is 0 Å². The highest BCUT2D eigenvalue weighted by Gasteiger charge is 2.21. The summed E-state index contributed by atoms with van der Waals surface area (Å²) in [6.07, 6.45) is 1.00. The molecule has 1 heterocycles. The molecule has 0 unspecified atom stereocenters. The standard InChI is InChI=1S/C20H24N2O2/c1-2-17-8-10-19(11-9-17)24-16-20(23)22-14-12-21(13-15-22)18-6-4-3-5-7-18/h3-11H,2,12-16H2,1H3. The molecule has 1 fully saturated rings. The van der Waals surface area contributed by atoms with E-state index >= 15 is 0 Å². The molecule has 0 atom stereocenters. The molecule has 3 rings (SSSR count). The molecule has 1 aliphatic heterocycles. The van der Waals surface area contributed by atoms with E-state index in [9.17, 15) is 4.79 Å². The third kappa shape index (κ3) is 4.07. The molecule has 0 saturated carbocycles. The molecule has 24 heavy (non-hydrogen) atoms. The number of benzene rings is 2. The van der Waals surface area contributed by atoms with Crippen molar-refractivity contribution in [3.63, 3.8) is 0 Å². The average molecular weight is 324 g/mol. The number of carbonyl (C=O) groups excluding carboxylic acids is 1. The maximum absolute atomic E-state index is 12.3. The Morgan fingerprint density at radius 2 is 1.62 bits per heavy atom. The molecule has 4 nitrogen and oxygen atoms in total. The number of rotatable bonds is 5. The van der Waals surface area contributed by atoms with Crippen LogP contribution in [0.3, 0.4) is 0 Å². The van der Waals surface area contributed by atoms with Gasteiger partial charge in [-0.1, -0.05) is 37.3 Å². The van der Waals surface area contributed by atoms with E-state index in [1.54, 1.807) is 0 Å². The van der Waals surface area contributed by atoms with E-state index in [-0.39, 0.29) is 12.5 Å². The molecule has 126 valence electrons. The molecule has 0 aromatic heterocycles. The van der Waals surface area contributed by atoms with Crippen LogP contribution < -0.4 is 9.64 Å². The molecule has 1 aliphatic rings. The summed E-state index contributed by atoms with van der Waals surface area (Å²) in [5, 5.41) is 0. The van der Waals surface area contributed by atoms with Gasteiger partial charge in [0.1, 0.15) is 5.75 Å². The number of carbonyl (C=O) groups is 1. The molecule has 1 saturated heterocycles. The van der Waals surface area contributed by atoms with Gasteiger partial charge in [0.05, 0.1) is 0 Å².